The van der Waals surface area contributed by atoms with Crippen LogP contribution in [0, 0.1) is 20.8 Å². The lowest BCUT2D eigenvalue weighted by molar-refractivity contribution is 0.0953. The van der Waals surface area contributed by atoms with Crippen LogP contribution < -0.4 is 10.6 Å². The van der Waals surface area contributed by atoms with Crippen molar-refractivity contribution in [1.82, 2.24) is 10.3 Å². The fourth-order valence-electron chi connectivity index (χ4n) is 2.93. The van der Waals surface area contributed by atoms with E-state index in [-0.39, 0.29) is 17.5 Å². The molecule has 1 aromatic carbocycles. The lowest BCUT2D eigenvalue weighted by Crippen LogP contribution is -2.25. The van der Waals surface area contributed by atoms with Crippen LogP contribution in [0.2, 0.25) is 0 Å². The van der Waals surface area contributed by atoms with E-state index in [9.17, 15) is 9.59 Å². The molecule has 2 amide bonds. The normalized spacial score (nSPS) is 10.5. The zero-order valence-corrected chi connectivity index (χ0v) is 16.0. The third-order valence-corrected chi connectivity index (χ3v) is 4.24. The minimum atomic E-state index is -0.319. The molecule has 0 unspecified atom stereocenters. The van der Waals surface area contributed by atoms with E-state index < -0.39 is 0 Å². The van der Waals surface area contributed by atoms with E-state index in [0.717, 1.165) is 41.6 Å². The first kappa shape index (κ1) is 19.6. The molecule has 0 fully saturated rings. The highest BCUT2D eigenvalue weighted by molar-refractivity contribution is 6.05. The fourth-order valence-corrected chi connectivity index (χ4v) is 2.93. The van der Waals surface area contributed by atoms with Crippen molar-refractivity contribution in [2.75, 3.05) is 11.9 Å². The van der Waals surface area contributed by atoms with E-state index in [0.29, 0.717) is 12.1 Å². The first-order valence-electron chi connectivity index (χ1n) is 9.05. The van der Waals surface area contributed by atoms with Gasteiger partial charge in [-0.15, -0.1) is 0 Å². The summed E-state index contributed by atoms with van der Waals surface area (Å²) in [5.74, 6) is -0.499. The smallest absolute Gasteiger partial charge is 0.274 e. The van der Waals surface area contributed by atoms with Crippen molar-refractivity contribution in [2.24, 2.45) is 0 Å². The molecule has 0 bridgehead atoms. The maximum Gasteiger partial charge on any atom is 0.274 e. The Morgan fingerprint density at radius 2 is 1.69 bits per heavy atom. The summed E-state index contributed by atoms with van der Waals surface area (Å²) in [6.45, 7) is 8.70. The number of amides is 2. The molecule has 0 spiro atoms. The third kappa shape index (κ3) is 5.15. The van der Waals surface area contributed by atoms with Gasteiger partial charge in [-0.3, -0.25) is 14.6 Å². The van der Waals surface area contributed by atoms with Gasteiger partial charge in [-0.05, 0) is 50.5 Å². The Labute approximate surface area is 155 Å². The molecule has 5 nitrogen and oxygen atoms in total. The number of rotatable bonds is 7. The zero-order valence-electron chi connectivity index (χ0n) is 16.0. The molecule has 138 valence electrons. The van der Waals surface area contributed by atoms with Gasteiger partial charge in [0.05, 0.1) is 0 Å². The van der Waals surface area contributed by atoms with Crippen LogP contribution in [0.4, 0.5) is 5.69 Å². The van der Waals surface area contributed by atoms with Gasteiger partial charge in [-0.25, -0.2) is 0 Å². The molecule has 5 heteroatoms. The maximum absolute atomic E-state index is 12.6. The monoisotopic (exact) mass is 353 g/mol. The summed E-state index contributed by atoms with van der Waals surface area (Å²) in [6, 6.07) is 7.20. The van der Waals surface area contributed by atoms with Crippen molar-refractivity contribution in [1.29, 1.82) is 0 Å². The molecular formula is C21H27N3O2. The predicted molar refractivity (Wildman–Crippen MR) is 105 cm³/mol. The van der Waals surface area contributed by atoms with Gasteiger partial charge in [0, 0.05) is 24.0 Å². The molecular weight excluding hydrogens is 326 g/mol. The van der Waals surface area contributed by atoms with E-state index in [1.54, 1.807) is 6.07 Å². The first-order chi connectivity index (χ1) is 12.4. The number of hydrogen-bond donors (Lipinski definition) is 2. The Bertz CT molecular complexity index is 777. The fraction of sp³-hybridized carbons (Fsp3) is 0.381. The van der Waals surface area contributed by atoms with E-state index in [1.165, 1.54) is 12.3 Å². The number of aryl methyl sites for hydroxylation is 3. The van der Waals surface area contributed by atoms with Crippen molar-refractivity contribution in [2.45, 2.75) is 47.0 Å². The molecule has 0 radical (unpaired) electrons. The number of nitrogens with one attached hydrogen (secondary N) is 2. The van der Waals surface area contributed by atoms with Crippen LogP contribution in [-0.2, 0) is 0 Å². The molecule has 2 N–H and O–H groups in total. The van der Waals surface area contributed by atoms with Gasteiger partial charge in [0.2, 0.25) is 0 Å². The highest BCUT2D eigenvalue weighted by Gasteiger charge is 2.14. The summed E-state index contributed by atoms with van der Waals surface area (Å²) in [5.41, 5.74) is 4.61. The zero-order chi connectivity index (χ0) is 19.1. The Morgan fingerprint density at radius 3 is 2.35 bits per heavy atom. The predicted octanol–water partition coefficient (Wildman–Crippen LogP) is 4.18. The van der Waals surface area contributed by atoms with Crippen LogP contribution in [0.25, 0.3) is 0 Å². The van der Waals surface area contributed by atoms with Crippen LogP contribution >= 0.6 is 0 Å². The lowest BCUT2D eigenvalue weighted by atomic mass is 10.0. The van der Waals surface area contributed by atoms with Gasteiger partial charge in [0.15, 0.2) is 0 Å². The minimum Gasteiger partial charge on any atom is -0.352 e. The molecule has 0 aliphatic rings. The number of hydrogen-bond acceptors (Lipinski definition) is 3. The average molecular weight is 353 g/mol. The van der Waals surface area contributed by atoms with E-state index >= 15 is 0 Å². The van der Waals surface area contributed by atoms with Crippen molar-refractivity contribution in [3.63, 3.8) is 0 Å². The Kier molecular flexibility index (Phi) is 6.89. The molecule has 0 aliphatic carbocycles. The quantitative estimate of drug-likeness (QED) is 0.734. The second-order valence-electron chi connectivity index (χ2n) is 6.62. The molecule has 0 atom stereocenters. The van der Waals surface area contributed by atoms with Crippen LogP contribution in [0.3, 0.4) is 0 Å². The third-order valence-electron chi connectivity index (χ3n) is 4.24. The largest absolute Gasteiger partial charge is 0.352 e. The van der Waals surface area contributed by atoms with E-state index in [4.69, 9.17) is 0 Å². The van der Waals surface area contributed by atoms with Crippen LogP contribution in [0.1, 0.15) is 63.7 Å². The topological polar surface area (TPSA) is 71.1 Å². The number of carbonyl (C=O) groups excluding carboxylic acids is 2. The van der Waals surface area contributed by atoms with Crippen molar-refractivity contribution < 1.29 is 9.59 Å². The summed E-state index contributed by atoms with van der Waals surface area (Å²) in [4.78, 5) is 28.9. The van der Waals surface area contributed by atoms with Crippen LogP contribution in [0.15, 0.2) is 30.5 Å². The number of anilines is 1. The summed E-state index contributed by atoms with van der Waals surface area (Å²) in [7, 11) is 0. The maximum atomic E-state index is 12.6. The van der Waals surface area contributed by atoms with Crippen molar-refractivity contribution in [3.05, 3.63) is 58.4 Å². The van der Waals surface area contributed by atoms with Gasteiger partial charge in [0.1, 0.15) is 5.69 Å². The van der Waals surface area contributed by atoms with Crippen molar-refractivity contribution >= 4 is 17.5 Å². The second kappa shape index (κ2) is 9.13. The Hall–Kier alpha value is -2.69. The first-order valence-corrected chi connectivity index (χ1v) is 9.05. The second-order valence-corrected chi connectivity index (χ2v) is 6.62. The van der Waals surface area contributed by atoms with Gasteiger partial charge in [-0.2, -0.15) is 0 Å². The number of carbonyl (C=O) groups is 2. The number of nitrogens with zero attached hydrogens (tertiary/aromatic N) is 1. The van der Waals surface area contributed by atoms with Gasteiger partial charge >= 0.3 is 0 Å². The molecule has 1 heterocycles. The standard InChI is InChI=1S/C21H27N3O2/c1-5-6-7-9-23-20(25)17-8-10-22-18(13-17)21(26)24-19-15(3)11-14(2)12-16(19)4/h8,10-13H,5-7,9H2,1-4H3,(H,23,25)(H,24,26). The molecule has 26 heavy (non-hydrogen) atoms. The molecule has 0 saturated heterocycles. The van der Waals surface area contributed by atoms with Crippen LogP contribution in [0.5, 0.6) is 0 Å². The highest BCUT2D eigenvalue weighted by atomic mass is 16.2. The highest BCUT2D eigenvalue weighted by Crippen LogP contribution is 2.22. The number of unbranched alkanes of at least 4 members (excludes halogenated alkanes) is 2. The molecule has 1 aromatic heterocycles. The molecule has 0 saturated carbocycles. The molecule has 0 aliphatic heterocycles. The van der Waals surface area contributed by atoms with Crippen molar-refractivity contribution in [3.8, 4) is 0 Å². The summed E-state index contributed by atoms with van der Waals surface area (Å²) < 4.78 is 0. The number of aromatic nitrogens is 1. The summed E-state index contributed by atoms with van der Waals surface area (Å²) in [6.07, 6.45) is 4.63. The Morgan fingerprint density at radius 1 is 1.00 bits per heavy atom. The Balaban J connectivity index is 2.10. The van der Waals surface area contributed by atoms with E-state index in [1.807, 2.05) is 32.9 Å². The summed E-state index contributed by atoms with van der Waals surface area (Å²) >= 11 is 0. The SMILES string of the molecule is CCCCCNC(=O)c1ccnc(C(=O)Nc2c(C)cc(C)cc2C)c1. The number of benzene rings is 1. The van der Waals surface area contributed by atoms with Gasteiger partial charge < -0.3 is 10.6 Å². The number of pyridine rings is 1. The van der Waals surface area contributed by atoms with E-state index in [2.05, 4.69) is 22.5 Å². The minimum absolute atomic E-state index is 0.180. The van der Waals surface area contributed by atoms with Gasteiger partial charge in [0.25, 0.3) is 11.8 Å². The lowest BCUT2D eigenvalue weighted by Gasteiger charge is -2.13. The van der Waals surface area contributed by atoms with Crippen LogP contribution in [-0.4, -0.2) is 23.3 Å². The molecule has 2 aromatic rings. The van der Waals surface area contributed by atoms with Gasteiger partial charge in [-0.1, -0.05) is 37.5 Å². The summed E-state index contributed by atoms with van der Waals surface area (Å²) in [5, 5.41) is 5.79. The molecule has 2 rings (SSSR count). The average Bonchev–Trinajstić information content (AvgIpc) is 2.61.